The molecule has 0 aliphatic rings. The summed E-state index contributed by atoms with van der Waals surface area (Å²) in [5.74, 6) is -0.241. The van der Waals surface area contributed by atoms with Gasteiger partial charge in [-0.2, -0.15) is 5.10 Å². The van der Waals surface area contributed by atoms with Crippen LogP contribution in [-0.4, -0.2) is 10.2 Å². The Morgan fingerprint density at radius 1 is 1.11 bits per heavy atom. The van der Waals surface area contributed by atoms with Crippen LogP contribution in [0, 0.1) is 17.4 Å². The van der Waals surface area contributed by atoms with Crippen molar-refractivity contribution < 1.29 is 4.39 Å². The second-order valence-electron chi connectivity index (χ2n) is 4.41. The van der Waals surface area contributed by atoms with Crippen LogP contribution in [-0.2, 0) is 0 Å². The van der Waals surface area contributed by atoms with Crippen molar-refractivity contribution in [2.45, 2.75) is 6.92 Å². The van der Waals surface area contributed by atoms with Crippen molar-refractivity contribution in [2.75, 3.05) is 0 Å². The highest BCUT2D eigenvalue weighted by Crippen LogP contribution is 2.28. The maximum atomic E-state index is 13.2. The lowest BCUT2D eigenvalue weighted by atomic mass is 10.0. The van der Waals surface area contributed by atoms with Gasteiger partial charge < -0.3 is 0 Å². The summed E-state index contributed by atoms with van der Waals surface area (Å²) >= 11 is 5.24. The number of aromatic nitrogens is 2. The van der Waals surface area contributed by atoms with Gasteiger partial charge in [0.15, 0.2) is 0 Å². The van der Waals surface area contributed by atoms with E-state index in [0.717, 1.165) is 27.6 Å². The number of halogens is 1. The van der Waals surface area contributed by atoms with Gasteiger partial charge in [-0.25, -0.2) is 4.39 Å². The molecule has 19 heavy (non-hydrogen) atoms. The number of aromatic amines is 1. The first-order valence-electron chi connectivity index (χ1n) is 5.91. The molecular weight excluding hydrogens is 259 g/mol. The highest BCUT2D eigenvalue weighted by atomic mass is 32.1. The molecule has 3 rings (SSSR count). The lowest BCUT2D eigenvalue weighted by Crippen LogP contribution is -1.93. The van der Waals surface area contributed by atoms with Gasteiger partial charge in [0.1, 0.15) is 10.5 Å². The maximum Gasteiger partial charge on any atom is 0.127 e. The molecule has 0 atom stereocenters. The van der Waals surface area contributed by atoms with Gasteiger partial charge in [0.05, 0.1) is 5.69 Å². The van der Waals surface area contributed by atoms with Crippen molar-refractivity contribution in [3.63, 3.8) is 0 Å². The molecule has 0 amide bonds. The first-order chi connectivity index (χ1) is 9.16. The average Bonchev–Trinajstić information content (AvgIpc) is 2.41. The van der Waals surface area contributed by atoms with Crippen LogP contribution in [0.2, 0.25) is 0 Å². The van der Waals surface area contributed by atoms with E-state index in [1.54, 1.807) is 6.07 Å². The van der Waals surface area contributed by atoms with Crippen molar-refractivity contribution in [2.24, 2.45) is 0 Å². The summed E-state index contributed by atoms with van der Waals surface area (Å²) in [5, 5.41) is 9.09. The largest absolute Gasteiger partial charge is 0.267 e. The van der Waals surface area contributed by atoms with E-state index in [1.165, 1.54) is 12.1 Å². The molecule has 0 radical (unpaired) electrons. The fourth-order valence-corrected chi connectivity index (χ4v) is 2.44. The van der Waals surface area contributed by atoms with Gasteiger partial charge in [0.2, 0.25) is 0 Å². The van der Waals surface area contributed by atoms with Crippen LogP contribution in [0.15, 0.2) is 42.5 Å². The molecule has 4 heteroatoms. The highest BCUT2D eigenvalue weighted by Gasteiger charge is 2.09. The number of hydrogen-bond donors (Lipinski definition) is 1. The number of hydrogen-bond acceptors (Lipinski definition) is 2. The SMILES string of the molecule is Cc1cc(F)ccc1-c1n[nH]c(=S)c2ccccc12. The first-order valence-corrected chi connectivity index (χ1v) is 6.31. The van der Waals surface area contributed by atoms with Gasteiger partial charge in [-0.15, -0.1) is 0 Å². The van der Waals surface area contributed by atoms with Crippen molar-refractivity contribution >= 4 is 23.0 Å². The first kappa shape index (κ1) is 12.0. The predicted molar refractivity (Wildman–Crippen MR) is 77.1 cm³/mol. The average molecular weight is 270 g/mol. The molecule has 0 aliphatic heterocycles. The Kier molecular flexibility index (Phi) is 2.87. The standard InChI is InChI=1S/C15H11FN2S/c1-9-8-10(16)6-7-11(9)14-12-4-2-3-5-13(12)15(19)18-17-14/h2-8H,1H3,(H,18,19). The summed E-state index contributed by atoms with van der Waals surface area (Å²) in [6.07, 6.45) is 0. The van der Waals surface area contributed by atoms with Gasteiger partial charge in [-0.05, 0) is 30.7 Å². The molecule has 0 spiro atoms. The normalized spacial score (nSPS) is 10.8. The minimum absolute atomic E-state index is 0.241. The summed E-state index contributed by atoms with van der Waals surface area (Å²) in [6.45, 7) is 1.87. The van der Waals surface area contributed by atoms with Crippen LogP contribution in [0.1, 0.15) is 5.56 Å². The smallest absolute Gasteiger partial charge is 0.127 e. The molecule has 0 saturated heterocycles. The molecule has 0 aliphatic carbocycles. The second kappa shape index (κ2) is 4.55. The van der Waals surface area contributed by atoms with E-state index < -0.39 is 0 Å². The molecule has 2 aromatic carbocycles. The number of H-pyrrole nitrogens is 1. The molecule has 3 aromatic rings. The number of fused-ring (bicyclic) bond motifs is 1. The Bertz CT molecular complexity index is 824. The third-order valence-electron chi connectivity index (χ3n) is 3.14. The molecule has 0 bridgehead atoms. The Labute approximate surface area is 114 Å². The number of nitrogens with zero attached hydrogens (tertiary/aromatic N) is 1. The van der Waals surface area contributed by atoms with Gasteiger partial charge in [-0.1, -0.05) is 36.5 Å². The monoisotopic (exact) mass is 270 g/mol. The van der Waals surface area contributed by atoms with E-state index in [-0.39, 0.29) is 5.82 Å². The molecule has 1 aromatic heterocycles. The van der Waals surface area contributed by atoms with Crippen LogP contribution < -0.4 is 0 Å². The molecule has 2 nitrogen and oxygen atoms in total. The lowest BCUT2D eigenvalue weighted by Gasteiger charge is -2.08. The third-order valence-corrected chi connectivity index (χ3v) is 3.45. The lowest BCUT2D eigenvalue weighted by molar-refractivity contribution is 0.627. The summed E-state index contributed by atoms with van der Waals surface area (Å²) in [4.78, 5) is 0. The van der Waals surface area contributed by atoms with Crippen LogP contribution in [0.25, 0.3) is 22.0 Å². The maximum absolute atomic E-state index is 13.2. The van der Waals surface area contributed by atoms with Crippen molar-refractivity contribution in [3.8, 4) is 11.3 Å². The number of rotatable bonds is 1. The number of nitrogens with one attached hydrogen (secondary N) is 1. The van der Waals surface area contributed by atoms with Crippen molar-refractivity contribution in [3.05, 3.63) is 58.5 Å². The summed E-state index contributed by atoms with van der Waals surface area (Å²) in [6, 6.07) is 12.5. The molecule has 0 unspecified atom stereocenters. The fourth-order valence-electron chi connectivity index (χ4n) is 2.21. The molecule has 0 fully saturated rings. The molecule has 94 valence electrons. The summed E-state index contributed by atoms with van der Waals surface area (Å²) < 4.78 is 13.8. The zero-order chi connectivity index (χ0) is 13.4. The van der Waals surface area contributed by atoms with Crippen molar-refractivity contribution in [1.82, 2.24) is 10.2 Å². The van der Waals surface area contributed by atoms with E-state index in [0.29, 0.717) is 4.64 Å². The molecule has 0 saturated carbocycles. The van der Waals surface area contributed by atoms with Gasteiger partial charge in [-0.3, -0.25) is 5.10 Å². The van der Waals surface area contributed by atoms with E-state index in [2.05, 4.69) is 10.2 Å². The third kappa shape index (κ3) is 2.04. The Morgan fingerprint density at radius 3 is 2.58 bits per heavy atom. The number of benzene rings is 2. The van der Waals surface area contributed by atoms with Gasteiger partial charge in [0, 0.05) is 16.3 Å². The van der Waals surface area contributed by atoms with Crippen LogP contribution in [0.5, 0.6) is 0 Å². The molecular formula is C15H11FN2S. The zero-order valence-corrected chi connectivity index (χ0v) is 11.1. The fraction of sp³-hybridized carbons (Fsp3) is 0.0667. The Hall–Kier alpha value is -2.07. The van der Waals surface area contributed by atoms with E-state index in [4.69, 9.17) is 12.2 Å². The quantitative estimate of drug-likeness (QED) is 0.664. The predicted octanol–water partition coefficient (Wildman–Crippen LogP) is 4.41. The highest BCUT2D eigenvalue weighted by molar-refractivity contribution is 7.71. The minimum atomic E-state index is -0.241. The summed E-state index contributed by atoms with van der Waals surface area (Å²) in [5.41, 5.74) is 2.55. The topological polar surface area (TPSA) is 28.7 Å². The summed E-state index contributed by atoms with van der Waals surface area (Å²) in [7, 11) is 0. The number of aryl methyl sites for hydroxylation is 1. The zero-order valence-electron chi connectivity index (χ0n) is 10.3. The van der Waals surface area contributed by atoms with Crippen LogP contribution >= 0.6 is 12.2 Å². The van der Waals surface area contributed by atoms with Gasteiger partial charge >= 0.3 is 0 Å². The molecule has 1 N–H and O–H groups in total. The molecule has 1 heterocycles. The minimum Gasteiger partial charge on any atom is -0.267 e. The van der Waals surface area contributed by atoms with E-state index in [1.807, 2.05) is 31.2 Å². The van der Waals surface area contributed by atoms with E-state index in [9.17, 15) is 4.39 Å². The van der Waals surface area contributed by atoms with E-state index >= 15 is 0 Å². The Morgan fingerprint density at radius 2 is 1.84 bits per heavy atom. The van der Waals surface area contributed by atoms with Gasteiger partial charge in [0.25, 0.3) is 0 Å². The van der Waals surface area contributed by atoms with Crippen molar-refractivity contribution in [1.29, 1.82) is 0 Å². The van der Waals surface area contributed by atoms with Crippen LogP contribution in [0.3, 0.4) is 0 Å². The Balaban J connectivity index is 2.37. The van der Waals surface area contributed by atoms with Crippen LogP contribution in [0.4, 0.5) is 4.39 Å². The second-order valence-corrected chi connectivity index (χ2v) is 4.81.